The molecule has 1 unspecified atom stereocenters. The van der Waals surface area contributed by atoms with E-state index in [1.165, 1.54) is 7.11 Å². The Morgan fingerprint density at radius 2 is 2.15 bits per heavy atom. The number of halogens is 1. The summed E-state index contributed by atoms with van der Waals surface area (Å²) in [5, 5.41) is 7.00. The summed E-state index contributed by atoms with van der Waals surface area (Å²) >= 11 is 0. The van der Waals surface area contributed by atoms with Gasteiger partial charge >= 0.3 is 5.97 Å². The summed E-state index contributed by atoms with van der Waals surface area (Å²) in [6.07, 6.45) is 0.909. The first kappa shape index (κ1) is 16.5. The fourth-order valence-corrected chi connectivity index (χ4v) is 2.23. The van der Waals surface area contributed by atoms with Crippen LogP contribution in [-0.2, 0) is 20.8 Å². The highest BCUT2D eigenvalue weighted by Gasteiger charge is 2.47. The normalized spacial score (nSPS) is 20.6. The van der Waals surface area contributed by atoms with Crippen LogP contribution in [0.3, 0.4) is 0 Å². The maximum absolute atomic E-state index is 12.0. The van der Waals surface area contributed by atoms with E-state index in [2.05, 4.69) is 10.5 Å². The van der Waals surface area contributed by atoms with Gasteiger partial charge in [-0.1, -0.05) is 35.5 Å². The number of benzene rings is 1. The topological polar surface area (TPSA) is 59.9 Å². The average Bonchev–Trinajstić information content (AvgIpc) is 2.84. The Morgan fingerprint density at radius 1 is 1.45 bits per heavy atom. The molecule has 1 heterocycles. The summed E-state index contributed by atoms with van der Waals surface area (Å²) in [7, 11) is 3.20. The highest BCUT2D eigenvalue weighted by molar-refractivity contribution is 5.95. The predicted octanol–water partition coefficient (Wildman–Crippen LogP) is 1.56. The highest BCUT2D eigenvalue weighted by atomic mass is 35.5. The van der Waals surface area contributed by atoms with E-state index in [0.29, 0.717) is 19.4 Å². The van der Waals surface area contributed by atoms with Gasteiger partial charge in [-0.25, -0.2) is 4.79 Å². The van der Waals surface area contributed by atoms with Crippen molar-refractivity contribution in [3.05, 3.63) is 35.9 Å². The number of hydrogen-bond acceptors (Lipinski definition) is 5. The van der Waals surface area contributed by atoms with Crippen LogP contribution in [0.4, 0.5) is 0 Å². The number of nitrogens with zero attached hydrogens (tertiary/aromatic N) is 1. The van der Waals surface area contributed by atoms with Gasteiger partial charge in [0.25, 0.3) is 0 Å². The number of methoxy groups -OCH3 is 1. The minimum atomic E-state index is -1.03. The van der Waals surface area contributed by atoms with Gasteiger partial charge in [0, 0.05) is 19.4 Å². The van der Waals surface area contributed by atoms with Gasteiger partial charge in [0.05, 0.1) is 12.8 Å². The van der Waals surface area contributed by atoms with Crippen LogP contribution in [0.15, 0.2) is 35.5 Å². The molecule has 0 bridgehead atoms. The first-order chi connectivity index (χ1) is 9.20. The molecule has 1 atom stereocenters. The Balaban J connectivity index is 0.00000200. The lowest BCUT2D eigenvalue weighted by molar-refractivity contribution is -0.166. The van der Waals surface area contributed by atoms with Crippen molar-refractivity contribution >= 4 is 24.1 Å². The van der Waals surface area contributed by atoms with Crippen molar-refractivity contribution in [2.45, 2.75) is 18.4 Å². The molecule has 2 rings (SSSR count). The third-order valence-corrected chi connectivity index (χ3v) is 3.11. The molecular formula is C14H19ClN2O3. The van der Waals surface area contributed by atoms with Crippen molar-refractivity contribution in [3.63, 3.8) is 0 Å². The van der Waals surface area contributed by atoms with Gasteiger partial charge in [-0.2, -0.15) is 0 Å². The zero-order chi connectivity index (χ0) is 13.7. The largest absolute Gasteiger partial charge is 0.466 e. The van der Waals surface area contributed by atoms with Gasteiger partial charge < -0.3 is 14.9 Å². The van der Waals surface area contributed by atoms with Crippen molar-refractivity contribution in [3.8, 4) is 0 Å². The highest BCUT2D eigenvalue weighted by Crippen LogP contribution is 2.29. The molecule has 1 N–H and O–H groups in total. The summed E-state index contributed by atoms with van der Waals surface area (Å²) < 4.78 is 4.88. The minimum Gasteiger partial charge on any atom is -0.466 e. The molecule has 0 radical (unpaired) electrons. The smallest absolute Gasteiger partial charge is 0.353 e. The number of oxime groups is 1. The molecule has 0 spiro atoms. The van der Waals surface area contributed by atoms with Crippen molar-refractivity contribution < 1.29 is 14.4 Å². The van der Waals surface area contributed by atoms with Crippen LogP contribution in [0.5, 0.6) is 0 Å². The fraction of sp³-hybridized carbons (Fsp3) is 0.429. The zero-order valence-electron chi connectivity index (χ0n) is 11.6. The van der Waals surface area contributed by atoms with Gasteiger partial charge in [-0.3, -0.25) is 0 Å². The van der Waals surface area contributed by atoms with Crippen LogP contribution in [0.1, 0.15) is 12.0 Å². The molecular weight excluding hydrogens is 280 g/mol. The van der Waals surface area contributed by atoms with Gasteiger partial charge in [0.2, 0.25) is 5.60 Å². The Morgan fingerprint density at radius 3 is 2.75 bits per heavy atom. The van der Waals surface area contributed by atoms with Crippen LogP contribution >= 0.6 is 12.4 Å². The number of esters is 1. The van der Waals surface area contributed by atoms with E-state index in [1.807, 2.05) is 37.4 Å². The molecule has 20 heavy (non-hydrogen) atoms. The molecule has 1 aromatic carbocycles. The molecule has 1 aromatic rings. The summed E-state index contributed by atoms with van der Waals surface area (Å²) in [6, 6.07) is 9.73. The van der Waals surface area contributed by atoms with Gasteiger partial charge in [0.1, 0.15) is 0 Å². The number of carbonyl (C=O) groups is 1. The molecule has 0 saturated carbocycles. The SMILES string of the molecule is CNCC1=NOC(Cc2ccccc2)(C(=O)OC)C1.Cl. The lowest BCUT2D eigenvalue weighted by atomic mass is 9.89. The lowest BCUT2D eigenvalue weighted by Gasteiger charge is -2.23. The van der Waals surface area contributed by atoms with Crippen molar-refractivity contribution in [1.29, 1.82) is 0 Å². The van der Waals surface area contributed by atoms with Crippen molar-refractivity contribution in [2.24, 2.45) is 5.16 Å². The number of nitrogens with one attached hydrogen (secondary N) is 1. The number of rotatable bonds is 5. The van der Waals surface area contributed by atoms with E-state index >= 15 is 0 Å². The van der Waals surface area contributed by atoms with Gasteiger partial charge in [-0.05, 0) is 12.6 Å². The molecule has 0 aliphatic carbocycles. The number of ether oxygens (including phenoxy) is 1. The number of carbonyl (C=O) groups excluding carboxylic acids is 1. The number of hydrogen-bond donors (Lipinski definition) is 1. The Labute approximate surface area is 124 Å². The summed E-state index contributed by atoms with van der Waals surface area (Å²) in [4.78, 5) is 17.5. The summed E-state index contributed by atoms with van der Waals surface area (Å²) in [5.41, 5.74) is 0.820. The summed E-state index contributed by atoms with van der Waals surface area (Å²) in [5.74, 6) is -0.383. The van der Waals surface area contributed by atoms with Crippen LogP contribution in [0.2, 0.25) is 0 Å². The van der Waals surface area contributed by atoms with E-state index in [4.69, 9.17) is 9.57 Å². The molecule has 110 valence electrons. The van der Waals surface area contributed by atoms with E-state index in [-0.39, 0.29) is 18.4 Å². The third-order valence-electron chi connectivity index (χ3n) is 3.11. The van der Waals surface area contributed by atoms with E-state index in [0.717, 1.165) is 11.3 Å². The second kappa shape index (κ2) is 7.26. The van der Waals surface area contributed by atoms with Crippen LogP contribution in [0.25, 0.3) is 0 Å². The molecule has 0 amide bonds. The van der Waals surface area contributed by atoms with Crippen LogP contribution in [0, 0.1) is 0 Å². The van der Waals surface area contributed by atoms with E-state index in [1.54, 1.807) is 0 Å². The first-order valence-electron chi connectivity index (χ1n) is 6.21. The molecule has 1 aliphatic heterocycles. The summed E-state index contributed by atoms with van der Waals surface area (Å²) in [6.45, 7) is 0.605. The van der Waals surface area contributed by atoms with Crippen LogP contribution in [-0.4, -0.2) is 38.0 Å². The molecule has 0 aromatic heterocycles. The second-order valence-corrected chi connectivity index (χ2v) is 4.60. The van der Waals surface area contributed by atoms with E-state index < -0.39 is 5.60 Å². The molecule has 5 nitrogen and oxygen atoms in total. The molecule has 0 saturated heterocycles. The minimum absolute atomic E-state index is 0. The lowest BCUT2D eigenvalue weighted by Crippen LogP contribution is -2.42. The predicted molar refractivity (Wildman–Crippen MR) is 79.2 cm³/mol. The second-order valence-electron chi connectivity index (χ2n) is 4.60. The molecule has 0 fully saturated rings. The zero-order valence-corrected chi connectivity index (χ0v) is 12.4. The molecule has 1 aliphatic rings. The fourth-order valence-electron chi connectivity index (χ4n) is 2.23. The Kier molecular flexibility index (Phi) is 5.98. The molecule has 6 heteroatoms. The van der Waals surface area contributed by atoms with Crippen LogP contribution < -0.4 is 5.32 Å². The average molecular weight is 299 g/mol. The van der Waals surface area contributed by atoms with E-state index in [9.17, 15) is 4.79 Å². The monoisotopic (exact) mass is 298 g/mol. The standard InChI is InChI=1S/C14H18N2O3.ClH/c1-15-10-12-9-14(19-16-12,13(17)18-2)8-11-6-4-3-5-7-11;/h3-7,15H,8-10H2,1-2H3;1H. The van der Waals surface area contributed by atoms with Crippen molar-refractivity contribution in [2.75, 3.05) is 20.7 Å². The van der Waals surface area contributed by atoms with Crippen molar-refractivity contribution in [1.82, 2.24) is 5.32 Å². The Hall–Kier alpha value is -1.59. The quantitative estimate of drug-likeness (QED) is 0.838. The first-order valence-corrected chi connectivity index (χ1v) is 6.21. The van der Waals surface area contributed by atoms with Gasteiger partial charge in [0.15, 0.2) is 0 Å². The van der Waals surface area contributed by atoms with Gasteiger partial charge in [-0.15, -0.1) is 12.4 Å². The maximum atomic E-state index is 12.0. The maximum Gasteiger partial charge on any atom is 0.353 e. The Bertz CT molecular complexity index is 479. The third kappa shape index (κ3) is 3.49.